The van der Waals surface area contributed by atoms with Crippen molar-refractivity contribution in [1.82, 2.24) is 0 Å². The SMILES string of the molecule is CC(=O)CC[C@@H]1C[C@H]2C[C@H]([C@H]1C)C2(C)C. The molecule has 3 fully saturated rings. The Balaban J connectivity index is 1.93. The van der Waals surface area contributed by atoms with Gasteiger partial charge in [0.2, 0.25) is 0 Å². The minimum absolute atomic E-state index is 0.362. The number of ketones is 1. The lowest BCUT2D eigenvalue weighted by Crippen LogP contribution is -2.54. The normalized spacial score (nSPS) is 42.1. The number of carbonyl (C=O) groups excluding carboxylic acids is 1. The van der Waals surface area contributed by atoms with Gasteiger partial charge < -0.3 is 4.79 Å². The molecule has 0 radical (unpaired) electrons. The minimum atomic E-state index is 0.362. The fourth-order valence-electron chi connectivity index (χ4n) is 4.03. The van der Waals surface area contributed by atoms with Crippen molar-refractivity contribution in [3.63, 3.8) is 0 Å². The molecule has 1 nitrogen and oxygen atoms in total. The van der Waals surface area contributed by atoms with E-state index in [9.17, 15) is 4.79 Å². The molecule has 0 aromatic rings. The third-order valence-electron chi connectivity index (χ3n) is 5.38. The zero-order valence-corrected chi connectivity index (χ0v) is 10.5. The lowest BCUT2D eigenvalue weighted by molar-refractivity contribution is -0.132. The second-order valence-electron chi connectivity index (χ2n) is 6.46. The summed E-state index contributed by atoms with van der Waals surface area (Å²) in [5.41, 5.74) is 0.589. The first-order valence-corrected chi connectivity index (χ1v) is 6.42. The van der Waals surface area contributed by atoms with Crippen LogP contribution in [0.5, 0.6) is 0 Å². The molecule has 0 aromatic carbocycles. The summed E-state index contributed by atoms with van der Waals surface area (Å²) in [6.07, 6.45) is 4.76. The van der Waals surface area contributed by atoms with Crippen LogP contribution in [0.3, 0.4) is 0 Å². The molecule has 0 aliphatic heterocycles. The summed E-state index contributed by atoms with van der Waals surface area (Å²) in [5.74, 6) is 3.89. The maximum Gasteiger partial charge on any atom is 0.129 e. The molecule has 0 heterocycles. The molecule has 0 saturated heterocycles. The number of fused-ring (bicyclic) bond motifs is 2. The first kappa shape index (κ1) is 11.2. The van der Waals surface area contributed by atoms with E-state index in [4.69, 9.17) is 0 Å². The highest BCUT2D eigenvalue weighted by molar-refractivity contribution is 5.75. The van der Waals surface area contributed by atoms with Gasteiger partial charge >= 0.3 is 0 Å². The fourth-order valence-corrected chi connectivity index (χ4v) is 4.03. The van der Waals surface area contributed by atoms with Gasteiger partial charge in [0.05, 0.1) is 0 Å². The van der Waals surface area contributed by atoms with Crippen molar-refractivity contribution in [2.45, 2.75) is 53.4 Å². The molecule has 0 aromatic heterocycles. The molecule has 15 heavy (non-hydrogen) atoms. The van der Waals surface area contributed by atoms with Gasteiger partial charge in [-0.05, 0) is 55.3 Å². The summed E-state index contributed by atoms with van der Waals surface area (Å²) < 4.78 is 0. The Hall–Kier alpha value is -0.330. The maximum atomic E-state index is 11.0. The quantitative estimate of drug-likeness (QED) is 0.691. The first-order chi connectivity index (χ1) is 6.93. The summed E-state index contributed by atoms with van der Waals surface area (Å²) in [6, 6.07) is 0. The largest absolute Gasteiger partial charge is 0.300 e. The number of Topliss-reactive ketones (excluding diaryl/α,β-unsaturated/α-hetero) is 1. The standard InChI is InChI=1S/C14H24O/c1-9(15)5-6-11-7-12-8-13(10(11)2)14(12,3)4/h10-13H,5-8H2,1-4H3/t10-,11+,12-,13+/m0/s1. The third kappa shape index (κ3) is 1.74. The highest BCUT2D eigenvalue weighted by atomic mass is 16.1. The molecule has 0 N–H and O–H groups in total. The van der Waals surface area contributed by atoms with E-state index < -0.39 is 0 Å². The molecule has 3 aliphatic rings. The lowest BCUT2D eigenvalue weighted by atomic mass is 9.43. The maximum absolute atomic E-state index is 11.0. The summed E-state index contributed by atoms with van der Waals surface area (Å²) >= 11 is 0. The molecule has 2 bridgehead atoms. The van der Waals surface area contributed by atoms with Crippen molar-refractivity contribution in [2.24, 2.45) is 29.1 Å². The summed E-state index contributed by atoms with van der Waals surface area (Å²) in [6.45, 7) is 9.00. The molecule has 3 rings (SSSR count). The predicted octanol–water partition coefficient (Wildman–Crippen LogP) is 3.67. The molecule has 0 spiro atoms. The molecule has 1 heteroatoms. The number of rotatable bonds is 3. The minimum Gasteiger partial charge on any atom is -0.300 e. The van der Waals surface area contributed by atoms with Gasteiger partial charge in [-0.15, -0.1) is 0 Å². The second kappa shape index (κ2) is 3.61. The van der Waals surface area contributed by atoms with Crippen LogP contribution in [0.25, 0.3) is 0 Å². The van der Waals surface area contributed by atoms with Crippen molar-refractivity contribution >= 4 is 5.78 Å². The van der Waals surface area contributed by atoms with E-state index in [1.54, 1.807) is 6.92 Å². The van der Waals surface area contributed by atoms with E-state index >= 15 is 0 Å². The van der Waals surface area contributed by atoms with E-state index in [1.165, 1.54) is 12.8 Å². The molecule has 0 amide bonds. The second-order valence-corrected chi connectivity index (χ2v) is 6.46. The Labute approximate surface area is 93.6 Å². The van der Waals surface area contributed by atoms with Crippen molar-refractivity contribution in [1.29, 1.82) is 0 Å². The van der Waals surface area contributed by atoms with E-state index in [1.807, 2.05) is 0 Å². The molecular formula is C14H24O. The zero-order valence-electron chi connectivity index (χ0n) is 10.5. The highest BCUT2D eigenvalue weighted by Crippen LogP contribution is 2.63. The van der Waals surface area contributed by atoms with Crippen molar-refractivity contribution in [2.75, 3.05) is 0 Å². The summed E-state index contributed by atoms with van der Waals surface area (Å²) in [4.78, 5) is 11.0. The summed E-state index contributed by atoms with van der Waals surface area (Å²) in [7, 11) is 0. The van der Waals surface area contributed by atoms with Crippen LogP contribution >= 0.6 is 0 Å². The fraction of sp³-hybridized carbons (Fsp3) is 0.929. The van der Waals surface area contributed by atoms with Crippen LogP contribution in [0.15, 0.2) is 0 Å². The highest BCUT2D eigenvalue weighted by Gasteiger charge is 2.55. The van der Waals surface area contributed by atoms with Gasteiger partial charge in [-0.1, -0.05) is 20.8 Å². The Morgan fingerprint density at radius 3 is 2.47 bits per heavy atom. The van der Waals surface area contributed by atoms with Crippen LogP contribution in [0.1, 0.15) is 53.4 Å². The average molecular weight is 208 g/mol. The number of carbonyl (C=O) groups is 1. The van der Waals surface area contributed by atoms with Crippen molar-refractivity contribution in [3.8, 4) is 0 Å². The van der Waals surface area contributed by atoms with Crippen molar-refractivity contribution < 1.29 is 4.79 Å². The van der Waals surface area contributed by atoms with Gasteiger partial charge in [0.25, 0.3) is 0 Å². The predicted molar refractivity (Wildman–Crippen MR) is 62.6 cm³/mol. The van der Waals surface area contributed by atoms with Crippen LogP contribution in [0.4, 0.5) is 0 Å². The number of hydrogen-bond donors (Lipinski definition) is 0. The van der Waals surface area contributed by atoms with E-state index in [2.05, 4.69) is 20.8 Å². The first-order valence-electron chi connectivity index (χ1n) is 6.42. The smallest absolute Gasteiger partial charge is 0.129 e. The van der Waals surface area contributed by atoms with Gasteiger partial charge in [-0.3, -0.25) is 0 Å². The molecule has 4 atom stereocenters. The molecule has 86 valence electrons. The van der Waals surface area contributed by atoms with Gasteiger partial charge in [-0.25, -0.2) is 0 Å². The average Bonchev–Trinajstić information content (AvgIpc) is 2.15. The Bertz CT molecular complexity index is 267. The van der Waals surface area contributed by atoms with Crippen LogP contribution in [-0.4, -0.2) is 5.78 Å². The summed E-state index contributed by atoms with van der Waals surface area (Å²) in [5, 5.41) is 0. The Morgan fingerprint density at radius 2 is 2.00 bits per heavy atom. The number of hydrogen-bond acceptors (Lipinski definition) is 1. The lowest BCUT2D eigenvalue weighted by Gasteiger charge is -2.62. The Morgan fingerprint density at radius 1 is 1.33 bits per heavy atom. The topological polar surface area (TPSA) is 17.1 Å². The van der Waals surface area contributed by atoms with Crippen LogP contribution in [0, 0.1) is 29.1 Å². The zero-order chi connectivity index (χ0) is 11.2. The van der Waals surface area contributed by atoms with Crippen molar-refractivity contribution in [3.05, 3.63) is 0 Å². The van der Waals surface area contributed by atoms with Crippen LogP contribution < -0.4 is 0 Å². The van der Waals surface area contributed by atoms with Gasteiger partial charge in [0.1, 0.15) is 5.78 Å². The Kier molecular flexibility index (Phi) is 2.68. The van der Waals surface area contributed by atoms with Gasteiger partial charge in [0, 0.05) is 6.42 Å². The van der Waals surface area contributed by atoms with E-state index in [0.29, 0.717) is 11.2 Å². The molecule has 0 unspecified atom stereocenters. The van der Waals surface area contributed by atoms with Gasteiger partial charge in [-0.2, -0.15) is 0 Å². The van der Waals surface area contributed by atoms with Crippen LogP contribution in [-0.2, 0) is 4.79 Å². The monoisotopic (exact) mass is 208 g/mol. The van der Waals surface area contributed by atoms with Gasteiger partial charge in [0.15, 0.2) is 0 Å². The van der Waals surface area contributed by atoms with Crippen LogP contribution in [0.2, 0.25) is 0 Å². The van der Waals surface area contributed by atoms with E-state index in [-0.39, 0.29) is 0 Å². The van der Waals surface area contributed by atoms with E-state index in [0.717, 1.165) is 36.5 Å². The molecule has 3 aliphatic carbocycles. The molecule has 3 saturated carbocycles. The molecular weight excluding hydrogens is 184 g/mol. The third-order valence-corrected chi connectivity index (χ3v) is 5.38.